The lowest BCUT2D eigenvalue weighted by molar-refractivity contribution is -0.123. The average Bonchev–Trinajstić information content (AvgIpc) is 2.60. The van der Waals surface area contributed by atoms with E-state index in [1.54, 1.807) is 0 Å². The number of amides is 1. The van der Waals surface area contributed by atoms with Crippen molar-refractivity contribution >= 4 is 5.91 Å². The average molecular weight is 321 g/mol. The van der Waals surface area contributed by atoms with Crippen molar-refractivity contribution in [1.82, 2.24) is 5.32 Å². The summed E-state index contributed by atoms with van der Waals surface area (Å²) < 4.78 is 0. The van der Waals surface area contributed by atoms with Gasteiger partial charge in [0.15, 0.2) is 0 Å². The molecule has 2 aromatic rings. The number of nitrogens with one attached hydrogen (secondary N) is 1. The zero-order chi connectivity index (χ0) is 16.9. The summed E-state index contributed by atoms with van der Waals surface area (Å²) in [5, 5.41) is 3.38. The van der Waals surface area contributed by atoms with Gasteiger partial charge < -0.3 is 5.32 Å². The van der Waals surface area contributed by atoms with Crippen LogP contribution in [0.3, 0.4) is 0 Å². The highest BCUT2D eigenvalue weighted by atomic mass is 16.2. The van der Waals surface area contributed by atoms with Gasteiger partial charge in [0.2, 0.25) is 5.91 Å². The molecule has 2 heteroatoms. The van der Waals surface area contributed by atoms with Crippen molar-refractivity contribution in [3.05, 3.63) is 71.8 Å². The van der Waals surface area contributed by atoms with Crippen molar-refractivity contribution in [3.8, 4) is 0 Å². The Morgan fingerprint density at radius 1 is 0.875 bits per heavy atom. The molecular weight excluding hydrogens is 294 g/mol. The summed E-state index contributed by atoms with van der Waals surface area (Å²) >= 11 is 0. The van der Waals surface area contributed by atoms with Gasteiger partial charge in [-0.25, -0.2) is 0 Å². The minimum Gasteiger partial charge on any atom is -0.352 e. The van der Waals surface area contributed by atoms with Gasteiger partial charge in [-0.1, -0.05) is 80.9 Å². The van der Waals surface area contributed by atoms with E-state index in [1.165, 1.54) is 19.3 Å². The van der Waals surface area contributed by atoms with Crippen LogP contribution in [0.5, 0.6) is 0 Å². The fourth-order valence-electron chi connectivity index (χ4n) is 4.00. The molecule has 2 aromatic carbocycles. The van der Waals surface area contributed by atoms with E-state index in [-0.39, 0.29) is 17.9 Å². The van der Waals surface area contributed by atoms with Crippen molar-refractivity contribution in [1.29, 1.82) is 0 Å². The summed E-state index contributed by atoms with van der Waals surface area (Å²) in [5.41, 5.74) is 2.11. The van der Waals surface area contributed by atoms with Crippen LogP contribution in [0.25, 0.3) is 0 Å². The topological polar surface area (TPSA) is 29.1 Å². The Morgan fingerprint density at radius 3 is 1.79 bits per heavy atom. The van der Waals surface area contributed by atoms with Crippen molar-refractivity contribution in [2.24, 2.45) is 11.8 Å². The maximum atomic E-state index is 13.2. The van der Waals surface area contributed by atoms with Gasteiger partial charge in [0.1, 0.15) is 0 Å². The molecule has 1 N–H and O–H groups in total. The molecule has 3 rings (SSSR count). The minimum absolute atomic E-state index is 0.123. The fraction of sp³-hybridized carbons (Fsp3) is 0.409. The number of rotatable bonds is 4. The van der Waals surface area contributed by atoms with Gasteiger partial charge >= 0.3 is 0 Å². The summed E-state index contributed by atoms with van der Waals surface area (Å²) in [5.74, 6) is 0.974. The summed E-state index contributed by atoms with van der Waals surface area (Å²) in [6.45, 7) is 4.53. The molecule has 0 saturated heterocycles. The molecule has 1 amide bonds. The molecule has 1 aliphatic carbocycles. The summed E-state index contributed by atoms with van der Waals surface area (Å²) in [4.78, 5) is 13.2. The molecule has 0 spiro atoms. The molecule has 0 aliphatic heterocycles. The predicted octanol–water partition coefficient (Wildman–Crippen LogP) is 4.76. The Balaban J connectivity index is 1.87. The van der Waals surface area contributed by atoms with Gasteiger partial charge in [0, 0.05) is 6.04 Å². The zero-order valence-corrected chi connectivity index (χ0v) is 14.6. The van der Waals surface area contributed by atoms with Crippen LogP contribution in [0.1, 0.15) is 50.2 Å². The molecule has 1 saturated carbocycles. The molecule has 2 atom stereocenters. The summed E-state index contributed by atoms with van der Waals surface area (Å²) in [6, 6.07) is 20.5. The van der Waals surface area contributed by atoms with Crippen LogP contribution in [-0.4, -0.2) is 11.9 Å². The van der Waals surface area contributed by atoms with Crippen molar-refractivity contribution in [3.63, 3.8) is 0 Å². The Bertz CT molecular complexity index is 603. The van der Waals surface area contributed by atoms with Crippen LogP contribution in [0.4, 0.5) is 0 Å². The first-order valence-corrected chi connectivity index (χ1v) is 9.07. The van der Waals surface area contributed by atoms with Gasteiger partial charge in [-0.05, 0) is 35.8 Å². The third-order valence-corrected chi connectivity index (χ3v) is 5.38. The molecule has 0 radical (unpaired) electrons. The van der Waals surface area contributed by atoms with Gasteiger partial charge in [0.05, 0.1) is 5.92 Å². The summed E-state index contributed by atoms with van der Waals surface area (Å²) in [6.07, 6.45) is 3.68. The Morgan fingerprint density at radius 2 is 1.33 bits per heavy atom. The number of carbonyl (C=O) groups is 1. The lowest BCUT2D eigenvalue weighted by Gasteiger charge is -2.36. The number of benzene rings is 2. The largest absolute Gasteiger partial charge is 0.352 e. The van der Waals surface area contributed by atoms with E-state index < -0.39 is 0 Å². The molecule has 0 unspecified atom stereocenters. The van der Waals surface area contributed by atoms with Crippen LogP contribution in [0.2, 0.25) is 0 Å². The smallest absolute Gasteiger partial charge is 0.232 e. The second-order valence-electron chi connectivity index (χ2n) is 7.17. The fourth-order valence-corrected chi connectivity index (χ4v) is 4.00. The Labute approximate surface area is 145 Å². The lowest BCUT2D eigenvalue weighted by Crippen LogP contribution is -2.47. The maximum Gasteiger partial charge on any atom is 0.232 e. The van der Waals surface area contributed by atoms with Gasteiger partial charge in [-0.2, -0.15) is 0 Å². The maximum absolute atomic E-state index is 13.2. The molecule has 0 heterocycles. The predicted molar refractivity (Wildman–Crippen MR) is 98.8 cm³/mol. The van der Waals surface area contributed by atoms with Crippen LogP contribution < -0.4 is 5.32 Å². The second kappa shape index (κ2) is 7.65. The van der Waals surface area contributed by atoms with E-state index in [0.717, 1.165) is 11.1 Å². The Hall–Kier alpha value is -2.09. The van der Waals surface area contributed by atoms with E-state index in [4.69, 9.17) is 0 Å². The van der Waals surface area contributed by atoms with Crippen LogP contribution >= 0.6 is 0 Å². The van der Waals surface area contributed by atoms with Crippen molar-refractivity contribution in [2.45, 2.75) is 45.1 Å². The molecule has 1 aliphatic rings. The van der Waals surface area contributed by atoms with Crippen LogP contribution in [-0.2, 0) is 4.79 Å². The summed E-state index contributed by atoms with van der Waals surface area (Å²) in [7, 11) is 0. The minimum atomic E-state index is -0.242. The van der Waals surface area contributed by atoms with Crippen LogP contribution in [0.15, 0.2) is 60.7 Å². The molecule has 0 bridgehead atoms. The zero-order valence-electron chi connectivity index (χ0n) is 14.6. The lowest BCUT2D eigenvalue weighted by atomic mass is 9.78. The monoisotopic (exact) mass is 321 g/mol. The van der Waals surface area contributed by atoms with E-state index in [9.17, 15) is 4.79 Å². The highest BCUT2D eigenvalue weighted by Crippen LogP contribution is 2.31. The first-order chi connectivity index (χ1) is 11.7. The first-order valence-electron chi connectivity index (χ1n) is 9.07. The standard InChI is InChI=1S/C22H27NO/c1-16-10-9-11-17(2)21(16)23-22(24)20(18-12-5-3-6-13-18)19-14-7-4-8-15-19/h3-8,12-17,20-21H,9-11H2,1-2H3,(H,23,24)/t16-,17-/m1/s1. The number of carbonyl (C=O) groups excluding carboxylic acids is 1. The van der Waals surface area contributed by atoms with E-state index in [2.05, 4.69) is 19.2 Å². The van der Waals surface area contributed by atoms with E-state index in [1.807, 2.05) is 60.7 Å². The SMILES string of the molecule is C[C@@H]1CCC[C@@H](C)C1NC(=O)C(c1ccccc1)c1ccccc1. The number of hydrogen-bond acceptors (Lipinski definition) is 1. The molecule has 1 fully saturated rings. The molecule has 126 valence electrons. The Kier molecular flexibility index (Phi) is 5.34. The molecule has 0 aromatic heterocycles. The van der Waals surface area contributed by atoms with E-state index in [0.29, 0.717) is 11.8 Å². The molecule has 24 heavy (non-hydrogen) atoms. The van der Waals surface area contributed by atoms with Crippen molar-refractivity contribution in [2.75, 3.05) is 0 Å². The third-order valence-electron chi connectivity index (χ3n) is 5.38. The number of hydrogen-bond donors (Lipinski definition) is 1. The first kappa shape index (κ1) is 16.8. The van der Waals surface area contributed by atoms with Gasteiger partial charge in [0.25, 0.3) is 0 Å². The second-order valence-corrected chi connectivity index (χ2v) is 7.17. The highest BCUT2D eigenvalue weighted by Gasteiger charge is 2.32. The van der Waals surface area contributed by atoms with Gasteiger partial charge in [-0.3, -0.25) is 4.79 Å². The van der Waals surface area contributed by atoms with Crippen molar-refractivity contribution < 1.29 is 4.79 Å². The third kappa shape index (κ3) is 3.69. The molecular formula is C22H27NO. The molecule has 2 nitrogen and oxygen atoms in total. The highest BCUT2D eigenvalue weighted by molar-refractivity contribution is 5.87. The quantitative estimate of drug-likeness (QED) is 0.864. The van der Waals surface area contributed by atoms with Crippen LogP contribution in [0, 0.1) is 11.8 Å². The normalized spacial score (nSPS) is 21.6. The van der Waals surface area contributed by atoms with Gasteiger partial charge in [-0.15, -0.1) is 0 Å². The van der Waals surface area contributed by atoms with E-state index >= 15 is 0 Å².